The minimum atomic E-state index is -0.316. The Balaban J connectivity index is 1.72. The van der Waals surface area contributed by atoms with Gasteiger partial charge in [-0.3, -0.25) is 4.90 Å². The molecule has 0 bridgehead atoms. The van der Waals surface area contributed by atoms with E-state index < -0.39 is 0 Å². The minimum absolute atomic E-state index is 0.316. The minimum Gasteiger partial charge on any atom is -0.492 e. The highest BCUT2D eigenvalue weighted by Crippen LogP contribution is 2.16. The zero-order chi connectivity index (χ0) is 14.2. The SMILES string of the molecule is N#Cc1ccccc1OCCCN1CCOC(C#N)C1. The van der Waals surface area contributed by atoms with Crippen molar-refractivity contribution in [1.82, 2.24) is 4.90 Å². The third-order valence-corrected chi connectivity index (χ3v) is 3.18. The van der Waals surface area contributed by atoms with Gasteiger partial charge in [-0.15, -0.1) is 0 Å². The fraction of sp³-hybridized carbons (Fsp3) is 0.467. The van der Waals surface area contributed by atoms with Crippen LogP contribution in [-0.4, -0.2) is 43.9 Å². The molecule has 1 saturated heterocycles. The second-order valence-electron chi connectivity index (χ2n) is 4.60. The molecular weight excluding hydrogens is 254 g/mol. The molecule has 1 fully saturated rings. The Bertz CT molecular complexity index is 519. The second kappa shape index (κ2) is 7.49. The Morgan fingerprint density at radius 2 is 2.20 bits per heavy atom. The molecule has 1 aliphatic rings. The number of nitriles is 2. The van der Waals surface area contributed by atoms with Gasteiger partial charge in [-0.2, -0.15) is 10.5 Å². The number of morpholine rings is 1. The van der Waals surface area contributed by atoms with Gasteiger partial charge in [0.25, 0.3) is 0 Å². The molecule has 1 unspecified atom stereocenters. The number of para-hydroxylation sites is 1. The Morgan fingerprint density at radius 1 is 1.35 bits per heavy atom. The zero-order valence-corrected chi connectivity index (χ0v) is 11.3. The maximum atomic E-state index is 8.95. The molecule has 1 aromatic rings. The average molecular weight is 271 g/mol. The predicted octanol–water partition coefficient (Wildman–Crippen LogP) is 1.55. The van der Waals surface area contributed by atoms with Gasteiger partial charge in [0.2, 0.25) is 0 Å². The first-order valence-electron chi connectivity index (χ1n) is 6.69. The summed E-state index contributed by atoms with van der Waals surface area (Å²) in [4.78, 5) is 2.21. The average Bonchev–Trinajstić information content (AvgIpc) is 2.52. The molecule has 2 rings (SSSR count). The van der Waals surface area contributed by atoms with E-state index in [9.17, 15) is 0 Å². The second-order valence-corrected chi connectivity index (χ2v) is 4.60. The fourth-order valence-corrected chi connectivity index (χ4v) is 2.14. The van der Waals surface area contributed by atoms with Crippen molar-refractivity contribution in [2.75, 3.05) is 32.8 Å². The van der Waals surface area contributed by atoms with Crippen LogP contribution in [0, 0.1) is 22.7 Å². The number of benzene rings is 1. The van der Waals surface area contributed by atoms with Crippen molar-refractivity contribution in [3.63, 3.8) is 0 Å². The van der Waals surface area contributed by atoms with Crippen LogP contribution in [0.3, 0.4) is 0 Å². The third kappa shape index (κ3) is 3.96. The first-order chi connectivity index (χ1) is 9.83. The van der Waals surface area contributed by atoms with Crippen LogP contribution in [0.5, 0.6) is 5.75 Å². The monoisotopic (exact) mass is 271 g/mol. The number of hydrogen-bond donors (Lipinski definition) is 0. The number of rotatable bonds is 5. The summed E-state index contributed by atoms with van der Waals surface area (Å²) in [6.45, 7) is 3.55. The topological polar surface area (TPSA) is 69.3 Å². The Kier molecular flexibility index (Phi) is 5.37. The maximum Gasteiger partial charge on any atom is 0.156 e. The fourth-order valence-electron chi connectivity index (χ4n) is 2.14. The van der Waals surface area contributed by atoms with Gasteiger partial charge in [-0.05, 0) is 18.6 Å². The van der Waals surface area contributed by atoms with Gasteiger partial charge < -0.3 is 9.47 Å². The van der Waals surface area contributed by atoms with Crippen molar-refractivity contribution >= 4 is 0 Å². The highest BCUT2D eigenvalue weighted by molar-refractivity contribution is 5.42. The van der Waals surface area contributed by atoms with Crippen LogP contribution in [0.2, 0.25) is 0 Å². The standard InChI is InChI=1S/C15H17N3O2/c16-10-13-4-1-2-5-15(13)20-8-3-6-18-7-9-19-14(11-17)12-18/h1-2,4-5,14H,3,6-9,12H2. The van der Waals surface area contributed by atoms with E-state index in [1.807, 2.05) is 12.1 Å². The van der Waals surface area contributed by atoms with E-state index in [-0.39, 0.29) is 6.10 Å². The molecule has 1 heterocycles. The van der Waals surface area contributed by atoms with Gasteiger partial charge in [0.1, 0.15) is 11.8 Å². The quantitative estimate of drug-likeness (QED) is 0.760. The largest absolute Gasteiger partial charge is 0.492 e. The van der Waals surface area contributed by atoms with Crippen molar-refractivity contribution in [3.8, 4) is 17.9 Å². The first kappa shape index (κ1) is 14.3. The Hall–Kier alpha value is -2.08. The van der Waals surface area contributed by atoms with Crippen LogP contribution < -0.4 is 4.74 Å². The van der Waals surface area contributed by atoms with E-state index in [1.165, 1.54) is 0 Å². The summed E-state index contributed by atoms with van der Waals surface area (Å²) in [6, 6.07) is 11.5. The van der Waals surface area contributed by atoms with Crippen LogP contribution in [0.25, 0.3) is 0 Å². The Labute approximate surface area is 118 Å². The summed E-state index contributed by atoms with van der Waals surface area (Å²) in [5, 5.41) is 17.8. The van der Waals surface area contributed by atoms with Gasteiger partial charge in [-0.25, -0.2) is 0 Å². The van der Waals surface area contributed by atoms with E-state index in [0.29, 0.717) is 31.1 Å². The van der Waals surface area contributed by atoms with E-state index in [4.69, 9.17) is 20.0 Å². The van der Waals surface area contributed by atoms with Crippen LogP contribution in [-0.2, 0) is 4.74 Å². The molecule has 20 heavy (non-hydrogen) atoms. The highest BCUT2D eigenvalue weighted by Gasteiger charge is 2.19. The van der Waals surface area contributed by atoms with Gasteiger partial charge in [0.15, 0.2) is 6.10 Å². The van der Waals surface area contributed by atoms with Crippen molar-refractivity contribution in [1.29, 1.82) is 10.5 Å². The lowest BCUT2D eigenvalue weighted by molar-refractivity contribution is -0.000847. The molecule has 0 radical (unpaired) electrons. The van der Waals surface area contributed by atoms with Gasteiger partial charge in [0.05, 0.1) is 24.8 Å². The van der Waals surface area contributed by atoms with Gasteiger partial charge in [0, 0.05) is 19.6 Å². The van der Waals surface area contributed by atoms with Crippen molar-refractivity contribution in [3.05, 3.63) is 29.8 Å². The summed E-state index contributed by atoms with van der Waals surface area (Å²) in [7, 11) is 0. The molecule has 0 spiro atoms. The third-order valence-electron chi connectivity index (χ3n) is 3.18. The van der Waals surface area contributed by atoms with E-state index >= 15 is 0 Å². The molecule has 5 nitrogen and oxygen atoms in total. The Morgan fingerprint density at radius 3 is 3.00 bits per heavy atom. The summed E-state index contributed by atoms with van der Waals surface area (Å²) in [5.41, 5.74) is 0.559. The molecule has 0 amide bonds. The lowest BCUT2D eigenvalue weighted by Gasteiger charge is -2.29. The smallest absolute Gasteiger partial charge is 0.156 e. The lowest BCUT2D eigenvalue weighted by Crippen LogP contribution is -2.42. The summed E-state index contributed by atoms with van der Waals surface area (Å²) >= 11 is 0. The first-order valence-corrected chi connectivity index (χ1v) is 6.69. The van der Waals surface area contributed by atoms with Gasteiger partial charge in [-0.1, -0.05) is 12.1 Å². The number of nitrogens with zero attached hydrogens (tertiary/aromatic N) is 3. The van der Waals surface area contributed by atoms with Crippen molar-refractivity contribution < 1.29 is 9.47 Å². The van der Waals surface area contributed by atoms with Crippen LogP contribution in [0.1, 0.15) is 12.0 Å². The van der Waals surface area contributed by atoms with E-state index in [0.717, 1.165) is 19.5 Å². The van der Waals surface area contributed by atoms with Crippen LogP contribution in [0.15, 0.2) is 24.3 Å². The number of ether oxygens (including phenoxy) is 2. The zero-order valence-electron chi connectivity index (χ0n) is 11.3. The normalized spacial score (nSPS) is 19.0. The molecule has 1 atom stereocenters. The van der Waals surface area contributed by atoms with E-state index in [1.54, 1.807) is 12.1 Å². The molecule has 104 valence electrons. The predicted molar refractivity (Wildman–Crippen MR) is 73.1 cm³/mol. The van der Waals surface area contributed by atoms with Crippen molar-refractivity contribution in [2.24, 2.45) is 0 Å². The molecule has 0 saturated carbocycles. The molecule has 1 aliphatic heterocycles. The number of hydrogen-bond acceptors (Lipinski definition) is 5. The molecule has 0 N–H and O–H groups in total. The maximum absolute atomic E-state index is 8.95. The lowest BCUT2D eigenvalue weighted by atomic mass is 10.2. The summed E-state index contributed by atoms with van der Waals surface area (Å²) < 4.78 is 10.9. The molecule has 5 heteroatoms. The highest BCUT2D eigenvalue weighted by atomic mass is 16.5. The molecule has 0 aliphatic carbocycles. The molecule has 1 aromatic carbocycles. The molecular formula is C15H17N3O2. The molecule has 0 aromatic heterocycles. The van der Waals surface area contributed by atoms with Crippen molar-refractivity contribution in [2.45, 2.75) is 12.5 Å². The van der Waals surface area contributed by atoms with Gasteiger partial charge >= 0.3 is 0 Å². The summed E-state index contributed by atoms with van der Waals surface area (Å²) in [5.74, 6) is 0.631. The summed E-state index contributed by atoms with van der Waals surface area (Å²) in [6.07, 6.45) is 0.543. The van der Waals surface area contributed by atoms with Crippen LogP contribution >= 0.6 is 0 Å². The van der Waals surface area contributed by atoms with E-state index in [2.05, 4.69) is 17.0 Å². The van der Waals surface area contributed by atoms with Crippen LogP contribution in [0.4, 0.5) is 0 Å².